The minimum absolute atomic E-state index is 0.153. The van der Waals surface area contributed by atoms with E-state index in [4.69, 9.17) is 21.1 Å². The second-order valence-electron chi connectivity index (χ2n) is 5.34. The molecular weight excluding hydrogens is 306 g/mol. The second kappa shape index (κ2) is 5.50. The lowest BCUT2D eigenvalue weighted by atomic mass is 10.0. The van der Waals surface area contributed by atoms with E-state index < -0.39 is 11.5 Å². The summed E-state index contributed by atoms with van der Waals surface area (Å²) in [5.41, 5.74) is 0.668. The van der Waals surface area contributed by atoms with Gasteiger partial charge in [0.2, 0.25) is 0 Å². The third-order valence-electron chi connectivity index (χ3n) is 3.79. The van der Waals surface area contributed by atoms with Gasteiger partial charge in [-0.15, -0.1) is 0 Å². The predicted molar refractivity (Wildman–Crippen MR) is 79.9 cm³/mol. The van der Waals surface area contributed by atoms with Crippen molar-refractivity contribution in [1.82, 2.24) is 5.32 Å². The fraction of sp³-hybridized carbons (Fsp3) is 0.250. The molecule has 0 radical (unpaired) electrons. The summed E-state index contributed by atoms with van der Waals surface area (Å²) in [4.78, 5) is 23.2. The molecule has 1 amide bonds. The highest BCUT2D eigenvalue weighted by Gasteiger charge is 2.47. The average molecular weight is 320 g/mol. The number of hydrogen-bond donors (Lipinski definition) is 2. The summed E-state index contributed by atoms with van der Waals surface area (Å²) in [6.45, 7) is 0. The van der Waals surface area contributed by atoms with E-state index in [9.17, 15) is 9.59 Å². The van der Waals surface area contributed by atoms with Gasteiger partial charge in [0.15, 0.2) is 0 Å². The van der Waals surface area contributed by atoms with Crippen molar-refractivity contribution in [3.63, 3.8) is 0 Å². The van der Waals surface area contributed by atoms with Crippen LogP contribution >= 0.6 is 11.6 Å². The van der Waals surface area contributed by atoms with Crippen LogP contribution < -0.4 is 5.32 Å². The molecule has 1 fully saturated rings. The zero-order valence-corrected chi connectivity index (χ0v) is 12.4. The molecule has 22 heavy (non-hydrogen) atoms. The largest absolute Gasteiger partial charge is 0.481 e. The van der Waals surface area contributed by atoms with E-state index in [2.05, 4.69) is 5.32 Å². The molecule has 1 aromatic heterocycles. The third-order valence-corrected chi connectivity index (χ3v) is 4.12. The van der Waals surface area contributed by atoms with Crippen molar-refractivity contribution >= 4 is 23.5 Å². The number of rotatable bonds is 5. The van der Waals surface area contributed by atoms with Crippen LogP contribution in [0.25, 0.3) is 0 Å². The maximum Gasteiger partial charge on any atom is 0.311 e. The molecule has 0 spiro atoms. The number of hydrogen-bond acceptors (Lipinski definition) is 3. The van der Waals surface area contributed by atoms with Crippen molar-refractivity contribution in [3.8, 4) is 0 Å². The van der Waals surface area contributed by atoms with Crippen LogP contribution in [0, 0.1) is 0 Å². The second-order valence-corrected chi connectivity index (χ2v) is 5.75. The number of carboxylic acid groups (broad SMARTS) is 1. The van der Waals surface area contributed by atoms with Crippen molar-refractivity contribution in [1.29, 1.82) is 0 Å². The number of halogens is 1. The van der Waals surface area contributed by atoms with Gasteiger partial charge in [-0.1, -0.05) is 29.8 Å². The highest BCUT2D eigenvalue weighted by Crippen LogP contribution is 2.48. The number of amides is 1. The molecule has 1 aliphatic carbocycles. The van der Waals surface area contributed by atoms with E-state index in [1.807, 2.05) is 18.2 Å². The van der Waals surface area contributed by atoms with Gasteiger partial charge in [0.25, 0.3) is 5.91 Å². The first-order chi connectivity index (χ1) is 10.5. The Balaban J connectivity index is 1.82. The van der Waals surface area contributed by atoms with Crippen molar-refractivity contribution in [2.24, 2.45) is 0 Å². The maximum absolute atomic E-state index is 12.4. The zero-order valence-electron chi connectivity index (χ0n) is 11.6. The summed E-state index contributed by atoms with van der Waals surface area (Å²) in [5, 5.41) is 12.4. The lowest BCUT2D eigenvalue weighted by molar-refractivity contribution is -0.136. The topological polar surface area (TPSA) is 79.5 Å². The van der Waals surface area contributed by atoms with E-state index in [-0.39, 0.29) is 23.7 Å². The van der Waals surface area contributed by atoms with Crippen LogP contribution in [0.15, 0.2) is 41.0 Å². The Morgan fingerprint density at radius 1 is 1.27 bits per heavy atom. The Morgan fingerprint density at radius 2 is 2.00 bits per heavy atom. The van der Waals surface area contributed by atoms with E-state index in [1.165, 1.54) is 12.3 Å². The number of carbonyl (C=O) groups excluding carboxylic acids is 1. The van der Waals surface area contributed by atoms with Gasteiger partial charge < -0.3 is 14.8 Å². The van der Waals surface area contributed by atoms with Crippen LogP contribution in [0.1, 0.15) is 34.5 Å². The normalized spacial score (nSPS) is 15.3. The van der Waals surface area contributed by atoms with Crippen LogP contribution in [0.4, 0.5) is 0 Å². The number of carboxylic acids is 1. The molecule has 0 bridgehead atoms. The van der Waals surface area contributed by atoms with Crippen LogP contribution in [0.5, 0.6) is 0 Å². The number of nitrogens with one attached hydrogen (secondary N) is 1. The Hall–Kier alpha value is -2.27. The minimum Gasteiger partial charge on any atom is -0.481 e. The van der Waals surface area contributed by atoms with Gasteiger partial charge >= 0.3 is 5.97 Å². The number of carbonyl (C=O) groups is 2. The van der Waals surface area contributed by atoms with Gasteiger partial charge in [0, 0.05) is 5.02 Å². The average Bonchev–Trinajstić information content (AvgIpc) is 3.08. The first kappa shape index (κ1) is 14.7. The Kier molecular flexibility index (Phi) is 3.66. The highest BCUT2D eigenvalue weighted by atomic mass is 35.5. The van der Waals surface area contributed by atoms with Crippen LogP contribution in [0.2, 0.25) is 5.02 Å². The fourth-order valence-corrected chi connectivity index (χ4v) is 2.85. The molecule has 0 atom stereocenters. The monoisotopic (exact) mass is 319 g/mol. The summed E-state index contributed by atoms with van der Waals surface area (Å²) in [5.74, 6) is -1.24. The molecule has 1 saturated carbocycles. The van der Waals surface area contributed by atoms with Crippen molar-refractivity contribution in [2.75, 3.05) is 0 Å². The van der Waals surface area contributed by atoms with Gasteiger partial charge in [-0.25, -0.2) is 0 Å². The van der Waals surface area contributed by atoms with Crippen LogP contribution in [0.3, 0.4) is 0 Å². The van der Waals surface area contributed by atoms with E-state index in [1.54, 1.807) is 6.07 Å². The van der Waals surface area contributed by atoms with Crippen molar-refractivity contribution in [2.45, 2.75) is 24.8 Å². The van der Waals surface area contributed by atoms with Gasteiger partial charge in [-0.05, 0) is 30.5 Å². The minimum atomic E-state index is -1.05. The lowest BCUT2D eigenvalue weighted by Crippen LogP contribution is -2.35. The van der Waals surface area contributed by atoms with Crippen LogP contribution in [-0.2, 0) is 16.8 Å². The number of furan rings is 1. The summed E-state index contributed by atoms with van der Waals surface area (Å²) < 4.78 is 5.09. The molecule has 1 aromatic carbocycles. The predicted octanol–water partition coefficient (Wildman–Crippen LogP) is 2.98. The number of benzene rings is 1. The first-order valence-corrected chi connectivity index (χ1v) is 7.25. The summed E-state index contributed by atoms with van der Waals surface area (Å²) >= 11 is 6.21. The zero-order chi connectivity index (χ0) is 15.7. The first-order valence-electron chi connectivity index (χ1n) is 6.87. The van der Waals surface area contributed by atoms with E-state index in [0.717, 1.165) is 18.4 Å². The molecule has 114 valence electrons. The summed E-state index contributed by atoms with van der Waals surface area (Å²) in [7, 11) is 0. The number of aliphatic carboxylic acids is 1. The van der Waals surface area contributed by atoms with E-state index in [0.29, 0.717) is 5.02 Å². The SMILES string of the molecule is O=C(O)Cc1occc1C(=O)NC1(c2ccccc2Cl)CC1. The molecule has 5 nitrogen and oxygen atoms in total. The van der Waals surface area contributed by atoms with Gasteiger partial charge in [0.05, 0.1) is 17.4 Å². The smallest absolute Gasteiger partial charge is 0.311 e. The van der Waals surface area contributed by atoms with Gasteiger partial charge in [-0.2, -0.15) is 0 Å². The van der Waals surface area contributed by atoms with Crippen molar-refractivity contribution < 1.29 is 19.1 Å². The van der Waals surface area contributed by atoms with Gasteiger partial charge in [0.1, 0.15) is 12.2 Å². The fourth-order valence-electron chi connectivity index (χ4n) is 2.54. The molecule has 2 N–H and O–H groups in total. The van der Waals surface area contributed by atoms with Crippen molar-refractivity contribution in [3.05, 3.63) is 58.5 Å². The molecule has 6 heteroatoms. The summed E-state index contributed by atoms with van der Waals surface area (Å²) in [6, 6.07) is 8.88. The molecule has 2 aromatic rings. The Bertz CT molecular complexity index is 733. The third kappa shape index (κ3) is 2.72. The molecule has 1 heterocycles. The molecule has 0 saturated heterocycles. The molecule has 3 rings (SSSR count). The van der Waals surface area contributed by atoms with E-state index >= 15 is 0 Å². The highest BCUT2D eigenvalue weighted by molar-refractivity contribution is 6.31. The van der Waals surface area contributed by atoms with Crippen LogP contribution in [-0.4, -0.2) is 17.0 Å². The molecule has 0 unspecified atom stereocenters. The lowest BCUT2D eigenvalue weighted by Gasteiger charge is -2.19. The molecular formula is C16H14ClNO4. The molecule has 1 aliphatic rings. The Morgan fingerprint density at radius 3 is 2.64 bits per heavy atom. The Labute approximate surface area is 131 Å². The molecule has 0 aliphatic heterocycles. The maximum atomic E-state index is 12.4. The standard InChI is InChI=1S/C16H14ClNO4/c17-12-4-2-1-3-11(12)16(6-7-16)18-15(21)10-5-8-22-13(10)9-14(19)20/h1-5,8H,6-7,9H2,(H,18,21)(H,19,20). The summed E-state index contributed by atoms with van der Waals surface area (Å²) in [6.07, 6.45) is 2.60. The quantitative estimate of drug-likeness (QED) is 0.888. The van der Waals surface area contributed by atoms with Gasteiger partial charge in [-0.3, -0.25) is 9.59 Å².